The third kappa shape index (κ3) is 3.82. The minimum atomic E-state index is 0.674. The Balaban J connectivity index is 2.16. The van der Waals surface area contributed by atoms with Crippen molar-refractivity contribution in [3.63, 3.8) is 0 Å². The minimum Gasteiger partial charge on any atom is -0.330 e. The van der Waals surface area contributed by atoms with Crippen LogP contribution >= 0.6 is 43.6 Å². The summed E-state index contributed by atoms with van der Waals surface area (Å²) in [4.78, 5) is 5.51. The predicted octanol–water partition coefficient (Wildman–Crippen LogP) is 4.26. The van der Waals surface area contributed by atoms with E-state index < -0.39 is 0 Å². The van der Waals surface area contributed by atoms with Crippen LogP contribution in [-0.2, 0) is 6.42 Å². The summed E-state index contributed by atoms with van der Waals surface area (Å²) >= 11 is 8.61. The van der Waals surface area contributed by atoms with Gasteiger partial charge >= 0.3 is 0 Å². The van der Waals surface area contributed by atoms with Gasteiger partial charge in [0.05, 0.1) is 0 Å². The van der Waals surface area contributed by atoms with Gasteiger partial charge in [0.1, 0.15) is 5.03 Å². The fraction of sp³-hybridized carbons (Fsp3) is 0.154. The molecule has 0 unspecified atom stereocenters. The van der Waals surface area contributed by atoms with Gasteiger partial charge in [-0.3, -0.25) is 0 Å². The lowest BCUT2D eigenvalue weighted by atomic mass is 10.2. The molecular weight excluding hydrogens is 376 g/mol. The molecule has 0 spiro atoms. The molecule has 0 aliphatic carbocycles. The second-order valence-corrected chi connectivity index (χ2v) is 6.55. The van der Waals surface area contributed by atoms with Crippen LogP contribution in [0.4, 0.5) is 0 Å². The topological polar surface area (TPSA) is 38.9 Å². The maximum atomic E-state index is 5.55. The summed E-state index contributed by atoms with van der Waals surface area (Å²) in [6, 6.07) is 10.3. The molecule has 0 atom stereocenters. The van der Waals surface area contributed by atoms with Crippen LogP contribution in [0, 0.1) is 0 Å². The molecule has 1 aromatic carbocycles. The van der Waals surface area contributed by atoms with E-state index >= 15 is 0 Å². The first-order valence-electron chi connectivity index (χ1n) is 5.47. The van der Waals surface area contributed by atoms with E-state index in [1.54, 1.807) is 18.0 Å². The number of pyridine rings is 1. The summed E-state index contributed by atoms with van der Waals surface area (Å²) in [6.45, 7) is 0.674. The Morgan fingerprint density at radius 3 is 2.61 bits per heavy atom. The van der Waals surface area contributed by atoms with Crippen molar-refractivity contribution >= 4 is 43.6 Å². The molecule has 2 N–H and O–H groups in total. The fourth-order valence-corrected chi connectivity index (χ4v) is 3.15. The quantitative estimate of drug-likeness (QED) is 0.851. The Morgan fingerprint density at radius 1 is 1.17 bits per heavy atom. The number of nitrogens with two attached hydrogens (primary N) is 1. The summed E-state index contributed by atoms with van der Waals surface area (Å²) in [6.07, 6.45) is 2.71. The van der Waals surface area contributed by atoms with Crippen LogP contribution in [0.15, 0.2) is 55.4 Å². The summed E-state index contributed by atoms with van der Waals surface area (Å²) in [5, 5.41) is 0.977. The van der Waals surface area contributed by atoms with Gasteiger partial charge in [0.25, 0.3) is 0 Å². The van der Waals surface area contributed by atoms with E-state index in [2.05, 4.69) is 55.0 Å². The van der Waals surface area contributed by atoms with E-state index in [1.807, 2.05) is 12.1 Å². The monoisotopic (exact) mass is 386 g/mol. The van der Waals surface area contributed by atoms with E-state index in [0.717, 1.165) is 25.3 Å². The van der Waals surface area contributed by atoms with Crippen LogP contribution in [0.25, 0.3) is 0 Å². The van der Waals surface area contributed by atoms with Crippen LogP contribution in [0.3, 0.4) is 0 Å². The average Bonchev–Trinajstić information content (AvgIpc) is 2.36. The smallest absolute Gasteiger partial charge is 0.101 e. The number of hydrogen-bond donors (Lipinski definition) is 1. The zero-order valence-electron chi connectivity index (χ0n) is 9.57. The lowest BCUT2D eigenvalue weighted by Crippen LogP contribution is -2.02. The molecule has 94 valence electrons. The Hall–Kier alpha value is -0.360. The van der Waals surface area contributed by atoms with Crippen LogP contribution in [0.2, 0.25) is 0 Å². The molecule has 0 amide bonds. The van der Waals surface area contributed by atoms with Crippen molar-refractivity contribution in [2.75, 3.05) is 6.54 Å². The molecule has 2 rings (SSSR count). The van der Waals surface area contributed by atoms with Gasteiger partial charge in [0.15, 0.2) is 0 Å². The highest BCUT2D eigenvalue weighted by molar-refractivity contribution is 9.10. The molecule has 0 aliphatic heterocycles. The number of aromatic nitrogens is 1. The highest BCUT2D eigenvalue weighted by Crippen LogP contribution is 2.33. The van der Waals surface area contributed by atoms with Crippen LogP contribution in [0.5, 0.6) is 0 Å². The molecule has 2 aromatic rings. The average molecular weight is 388 g/mol. The number of nitrogens with zero attached hydrogens (tertiary/aromatic N) is 1. The molecule has 18 heavy (non-hydrogen) atoms. The normalized spacial score (nSPS) is 10.6. The maximum absolute atomic E-state index is 5.55. The molecule has 0 bridgehead atoms. The van der Waals surface area contributed by atoms with Gasteiger partial charge in [-0.2, -0.15) is 0 Å². The van der Waals surface area contributed by atoms with Crippen molar-refractivity contribution in [3.05, 3.63) is 51.0 Å². The molecule has 1 aromatic heterocycles. The standard InChI is InChI=1S/C13H12Br2N2S/c14-10-2-4-13(17-8-10)18-12-3-1-9(5-6-16)7-11(12)15/h1-4,7-8H,5-6,16H2. The van der Waals surface area contributed by atoms with Crippen molar-refractivity contribution < 1.29 is 0 Å². The van der Waals surface area contributed by atoms with Gasteiger partial charge in [0, 0.05) is 20.0 Å². The van der Waals surface area contributed by atoms with E-state index in [-0.39, 0.29) is 0 Å². The Labute approximate surface area is 128 Å². The Morgan fingerprint density at radius 2 is 2.00 bits per heavy atom. The van der Waals surface area contributed by atoms with Gasteiger partial charge in [-0.25, -0.2) is 4.98 Å². The van der Waals surface area contributed by atoms with Gasteiger partial charge < -0.3 is 5.73 Å². The predicted molar refractivity (Wildman–Crippen MR) is 83.0 cm³/mol. The van der Waals surface area contributed by atoms with Crippen LogP contribution < -0.4 is 5.73 Å². The first kappa shape index (κ1) is 14.1. The lowest BCUT2D eigenvalue weighted by molar-refractivity contribution is 0.964. The molecule has 0 saturated carbocycles. The first-order valence-corrected chi connectivity index (χ1v) is 7.87. The third-order valence-corrected chi connectivity index (χ3v) is 4.76. The second kappa shape index (κ2) is 6.70. The van der Waals surface area contributed by atoms with Crippen LogP contribution in [0.1, 0.15) is 5.56 Å². The molecule has 5 heteroatoms. The van der Waals surface area contributed by atoms with Gasteiger partial charge in [-0.05, 0) is 74.7 Å². The Bertz CT molecular complexity index is 529. The molecule has 2 nitrogen and oxygen atoms in total. The van der Waals surface area contributed by atoms with Crippen molar-refractivity contribution in [1.82, 2.24) is 4.98 Å². The minimum absolute atomic E-state index is 0.674. The number of halogens is 2. The summed E-state index contributed by atoms with van der Waals surface area (Å²) < 4.78 is 2.08. The van der Waals surface area contributed by atoms with Crippen molar-refractivity contribution in [2.45, 2.75) is 16.3 Å². The van der Waals surface area contributed by atoms with Gasteiger partial charge in [-0.15, -0.1) is 0 Å². The first-order chi connectivity index (χ1) is 8.69. The van der Waals surface area contributed by atoms with E-state index in [9.17, 15) is 0 Å². The molecule has 0 saturated heterocycles. The third-order valence-electron chi connectivity index (χ3n) is 2.34. The zero-order chi connectivity index (χ0) is 13.0. The van der Waals surface area contributed by atoms with Crippen molar-refractivity contribution in [2.24, 2.45) is 5.73 Å². The van der Waals surface area contributed by atoms with Gasteiger partial charge in [-0.1, -0.05) is 17.8 Å². The lowest BCUT2D eigenvalue weighted by Gasteiger charge is -2.06. The molecule has 0 fully saturated rings. The zero-order valence-corrected chi connectivity index (χ0v) is 13.6. The molecular formula is C13H12Br2N2S. The summed E-state index contributed by atoms with van der Waals surface area (Å²) in [5.41, 5.74) is 6.80. The number of rotatable bonds is 4. The SMILES string of the molecule is NCCc1ccc(Sc2ccc(Br)cn2)c(Br)c1. The Kier molecular flexibility index (Phi) is 5.24. The number of benzene rings is 1. The van der Waals surface area contributed by atoms with E-state index in [1.165, 1.54) is 5.56 Å². The van der Waals surface area contributed by atoms with Crippen molar-refractivity contribution in [3.8, 4) is 0 Å². The second-order valence-electron chi connectivity index (χ2n) is 3.72. The molecule has 0 radical (unpaired) electrons. The van der Waals surface area contributed by atoms with Crippen LogP contribution in [-0.4, -0.2) is 11.5 Å². The van der Waals surface area contributed by atoms with Crippen molar-refractivity contribution in [1.29, 1.82) is 0 Å². The summed E-state index contributed by atoms with van der Waals surface area (Å²) in [5.74, 6) is 0. The van der Waals surface area contributed by atoms with E-state index in [0.29, 0.717) is 6.54 Å². The van der Waals surface area contributed by atoms with Gasteiger partial charge in [0.2, 0.25) is 0 Å². The maximum Gasteiger partial charge on any atom is 0.101 e. The number of hydrogen-bond acceptors (Lipinski definition) is 3. The highest BCUT2D eigenvalue weighted by atomic mass is 79.9. The van der Waals surface area contributed by atoms with E-state index in [4.69, 9.17) is 5.73 Å². The molecule has 1 heterocycles. The summed E-state index contributed by atoms with van der Waals surface area (Å²) in [7, 11) is 0. The highest BCUT2D eigenvalue weighted by Gasteiger charge is 2.04. The fourth-order valence-electron chi connectivity index (χ4n) is 1.48. The largest absolute Gasteiger partial charge is 0.330 e. The molecule has 0 aliphatic rings.